The molecule has 0 N–H and O–H groups in total. The Morgan fingerprint density at radius 1 is 1.25 bits per heavy atom. The number of hydrogen-bond donors (Lipinski definition) is 0. The molecule has 0 aliphatic rings. The van der Waals surface area contributed by atoms with E-state index in [1.807, 2.05) is 0 Å². The number of aromatic nitrogens is 2. The molecule has 7 heteroatoms. The summed E-state index contributed by atoms with van der Waals surface area (Å²) in [6, 6.07) is 9.94. The Morgan fingerprint density at radius 2 is 1.90 bits per heavy atom. The second kappa shape index (κ2) is 5.36. The van der Waals surface area contributed by atoms with Crippen LogP contribution >= 0.6 is 0 Å². The van der Waals surface area contributed by atoms with Gasteiger partial charge in [0.1, 0.15) is 12.2 Å². The first-order valence-electron chi connectivity index (χ1n) is 5.80. The van der Waals surface area contributed by atoms with Crippen molar-refractivity contribution in [3.05, 3.63) is 48.3 Å². The fourth-order valence-corrected chi connectivity index (χ4v) is 1.75. The molecular weight excluding hydrogens is 271 g/mol. The zero-order valence-corrected chi connectivity index (χ0v) is 10.6. The smallest absolute Gasteiger partial charge is 0.310 e. The number of nitrogens with zero attached hydrogens (tertiary/aromatic N) is 3. The van der Waals surface area contributed by atoms with Crippen LogP contribution in [0.3, 0.4) is 0 Å². The number of benzene rings is 1. The Balaban J connectivity index is 2.24. The van der Waals surface area contributed by atoms with Crippen LogP contribution in [0.2, 0.25) is 0 Å². The molecule has 0 radical (unpaired) electrons. The molecular formula is C13H12F3N3O. The Bertz CT molecular complexity index is 592. The Labute approximate surface area is 113 Å². The molecule has 0 atom stereocenters. The molecule has 0 aliphatic heterocycles. The van der Waals surface area contributed by atoms with Crippen molar-refractivity contribution in [3.63, 3.8) is 0 Å². The first-order valence-corrected chi connectivity index (χ1v) is 5.80. The maximum atomic E-state index is 12.4. The molecule has 1 amide bonds. The minimum Gasteiger partial charge on any atom is -0.310 e. The van der Waals surface area contributed by atoms with Gasteiger partial charge in [-0.3, -0.25) is 9.48 Å². The lowest BCUT2D eigenvalue weighted by molar-refractivity contribution is -0.142. The summed E-state index contributed by atoms with van der Waals surface area (Å²) >= 11 is 0. The van der Waals surface area contributed by atoms with Gasteiger partial charge >= 0.3 is 6.18 Å². The fraction of sp³-hybridized carbons (Fsp3) is 0.231. The van der Waals surface area contributed by atoms with Crippen molar-refractivity contribution in [3.8, 4) is 0 Å². The van der Waals surface area contributed by atoms with Crippen molar-refractivity contribution in [1.29, 1.82) is 0 Å². The van der Waals surface area contributed by atoms with Crippen LogP contribution in [0.5, 0.6) is 0 Å². The lowest BCUT2D eigenvalue weighted by Gasteiger charge is -2.18. The monoisotopic (exact) mass is 283 g/mol. The molecule has 0 bridgehead atoms. The number of anilines is 1. The van der Waals surface area contributed by atoms with E-state index in [1.54, 1.807) is 30.3 Å². The summed E-state index contributed by atoms with van der Waals surface area (Å²) in [5.41, 5.74) is 0.492. The quantitative estimate of drug-likeness (QED) is 0.868. The molecule has 0 aliphatic carbocycles. The Morgan fingerprint density at radius 3 is 2.50 bits per heavy atom. The van der Waals surface area contributed by atoms with Crippen LogP contribution < -0.4 is 4.90 Å². The van der Waals surface area contributed by atoms with Crippen molar-refractivity contribution < 1.29 is 18.0 Å². The number of rotatable bonds is 3. The van der Waals surface area contributed by atoms with Gasteiger partial charge in [-0.05, 0) is 18.2 Å². The van der Waals surface area contributed by atoms with Crippen molar-refractivity contribution in [2.24, 2.45) is 0 Å². The lowest BCUT2D eigenvalue weighted by Crippen LogP contribution is -2.30. The second-order valence-corrected chi connectivity index (χ2v) is 4.19. The molecule has 1 aromatic heterocycles. The number of halogens is 3. The van der Waals surface area contributed by atoms with Crippen LogP contribution in [-0.4, -0.2) is 28.9 Å². The van der Waals surface area contributed by atoms with Gasteiger partial charge in [0, 0.05) is 18.9 Å². The number of para-hydroxylation sites is 1. The summed E-state index contributed by atoms with van der Waals surface area (Å²) in [5.74, 6) is -0.544. The van der Waals surface area contributed by atoms with Gasteiger partial charge in [-0.1, -0.05) is 18.2 Å². The first-order chi connectivity index (χ1) is 9.38. The van der Waals surface area contributed by atoms with Crippen LogP contribution in [-0.2, 0) is 6.54 Å². The van der Waals surface area contributed by atoms with Crippen LogP contribution in [0.25, 0.3) is 0 Å². The topological polar surface area (TPSA) is 38.1 Å². The maximum absolute atomic E-state index is 12.4. The zero-order chi connectivity index (χ0) is 14.8. The highest BCUT2D eigenvalue weighted by Crippen LogP contribution is 2.20. The molecule has 0 saturated carbocycles. The third-order valence-corrected chi connectivity index (χ3v) is 2.71. The summed E-state index contributed by atoms with van der Waals surface area (Å²) < 4.78 is 37.9. The molecule has 0 unspecified atom stereocenters. The van der Waals surface area contributed by atoms with E-state index >= 15 is 0 Å². The van der Waals surface area contributed by atoms with Gasteiger partial charge in [0.15, 0.2) is 0 Å². The van der Waals surface area contributed by atoms with E-state index < -0.39 is 18.6 Å². The predicted molar refractivity (Wildman–Crippen MR) is 67.5 cm³/mol. The lowest BCUT2D eigenvalue weighted by atomic mass is 10.2. The van der Waals surface area contributed by atoms with Gasteiger partial charge in [0.25, 0.3) is 5.91 Å². The molecule has 20 heavy (non-hydrogen) atoms. The highest BCUT2D eigenvalue weighted by molar-refractivity contribution is 6.04. The summed E-state index contributed by atoms with van der Waals surface area (Å²) in [4.78, 5) is 13.5. The Hall–Kier alpha value is -2.31. The van der Waals surface area contributed by atoms with Crippen LogP contribution in [0.1, 0.15) is 10.5 Å². The largest absolute Gasteiger partial charge is 0.408 e. The third-order valence-electron chi connectivity index (χ3n) is 2.71. The van der Waals surface area contributed by atoms with Crippen molar-refractivity contribution in [2.75, 3.05) is 11.9 Å². The minimum atomic E-state index is -4.42. The van der Waals surface area contributed by atoms with E-state index in [0.717, 1.165) is 0 Å². The summed E-state index contributed by atoms with van der Waals surface area (Å²) in [6.45, 7) is -1.29. The second-order valence-electron chi connectivity index (χ2n) is 4.19. The summed E-state index contributed by atoms with van der Waals surface area (Å²) in [5, 5.41) is 3.55. The zero-order valence-electron chi connectivity index (χ0n) is 10.6. The number of amides is 1. The predicted octanol–water partition coefficient (Wildman–Crippen LogP) is 2.72. The van der Waals surface area contributed by atoms with Crippen LogP contribution in [0, 0.1) is 0 Å². The van der Waals surface area contributed by atoms with Gasteiger partial charge in [-0.15, -0.1) is 0 Å². The number of alkyl halides is 3. The normalized spacial score (nSPS) is 11.4. The van der Waals surface area contributed by atoms with Crippen molar-refractivity contribution in [2.45, 2.75) is 12.7 Å². The van der Waals surface area contributed by atoms with Gasteiger partial charge in [-0.25, -0.2) is 0 Å². The molecule has 0 saturated heterocycles. The average Bonchev–Trinajstić information content (AvgIpc) is 2.84. The SMILES string of the molecule is CN(C(=O)c1ccnn1CC(F)(F)F)c1ccccc1. The molecule has 2 rings (SSSR count). The van der Waals surface area contributed by atoms with E-state index in [-0.39, 0.29) is 5.69 Å². The van der Waals surface area contributed by atoms with Gasteiger partial charge in [0.05, 0.1) is 0 Å². The van der Waals surface area contributed by atoms with Gasteiger partial charge in [-0.2, -0.15) is 18.3 Å². The van der Waals surface area contributed by atoms with E-state index in [4.69, 9.17) is 0 Å². The molecule has 4 nitrogen and oxygen atoms in total. The first kappa shape index (κ1) is 14.1. The van der Waals surface area contributed by atoms with Crippen LogP contribution in [0.15, 0.2) is 42.6 Å². The number of carbonyl (C=O) groups is 1. The summed E-state index contributed by atoms with van der Waals surface area (Å²) in [6.07, 6.45) is -3.25. The molecule has 106 valence electrons. The average molecular weight is 283 g/mol. The molecule has 0 fully saturated rings. The fourth-order valence-electron chi connectivity index (χ4n) is 1.75. The Kier molecular flexibility index (Phi) is 3.78. The van der Waals surface area contributed by atoms with Crippen LogP contribution in [0.4, 0.5) is 18.9 Å². The molecule has 0 spiro atoms. The third kappa shape index (κ3) is 3.17. The van der Waals surface area contributed by atoms with Gasteiger partial charge < -0.3 is 4.90 Å². The van der Waals surface area contributed by atoms with Gasteiger partial charge in [0.2, 0.25) is 0 Å². The molecule has 2 aromatic rings. The standard InChI is InChI=1S/C13H12F3N3O/c1-18(10-5-3-2-4-6-10)12(20)11-7-8-17-19(11)9-13(14,15)16/h2-8H,9H2,1H3. The maximum Gasteiger partial charge on any atom is 0.408 e. The van der Waals surface area contributed by atoms with E-state index in [0.29, 0.717) is 10.4 Å². The van der Waals surface area contributed by atoms with Crippen molar-refractivity contribution in [1.82, 2.24) is 9.78 Å². The number of hydrogen-bond acceptors (Lipinski definition) is 2. The van der Waals surface area contributed by atoms with E-state index in [9.17, 15) is 18.0 Å². The molecule has 1 aromatic carbocycles. The highest BCUT2D eigenvalue weighted by atomic mass is 19.4. The molecule has 1 heterocycles. The summed E-state index contributed by atoms with van der Waals surface area (Å²) in [7, 11) is 1.50. The van der Waals surface area contributed by atoms with E-state index in [1.165, 1.54) is 24.2 Å². The van der Waals surface area contributed by atoms with Crippen molar-refractivity contribution >= 4 is 11.6 Å². The highest BCUT2D eigenvalue weighted by Gasteiger charge is 2.31. The minimum absolute atomic E-state index is 0.103. The van der Waals surface area contributed by atoms with E-state index in [2.05, 4.69) is 5.10 Å². The number of carbonyl (C=O) groups excluding carboxylic acids is 1.